The van der Waals surface area contributed by atoms with Crippen molar-refractivity contribution in [3.8, 4) is 11.3 Å². The summed E-state index contributed by atoms with van der Waals surface area (Å²) in [5.41, 5.74) is 2.09. The molecule has 19 heavy (non-hydrogen) atoms. The molecule has 0 spiro atoms. The molecule has 2 heterocycles. The van der Waals surface area contributed by atoms with Gasteiger partial charge in [0.2, 0.25) is 0 Å². The molecule has 0 radical (unpaired) electrons. The standard InChI is InChI=1S/C13H13FN2O3/c1-3-18-13(17)11-7-19-16-12(11)10-4-9(5-14)8(2)15-6-10/h4,6-7H,3,5H2,1-2H3. The first-order valence-corrected chi connectivity index (χ1v) is 5.80. The Morgan fingerprint density at radius 1 is 1.53 bits per heavy atom. The molecule has 0 amide bonds. The molecule has 0 atom stereocenters. The van der Waals surface area contributed by atoms with Crippen molar-refractivity contribution in [3.05, 3.63) is 35.3 Å². The van der Waals surface area contributed by atoms with Gasteiger partial charge in [-0.2, -0.15) is 0 Å². The van der Waals surface area contributed by atoms with Crippen LogP contribution in [-0.2, 0) is 11.4 Å². The summed E-state index contributed by atoms with van der Waals surface area (Å²) < 4.78 is 22.5. The summed E-state index contributed by atoms with van der Waals surface area (Å²) >= 11 is 0. The fraction of sp³-hybridized carbons (Fsp3) is 0.308. The predicted octanol–water partition coefficient (Wildman–Crippen LogP) is 2.69. The van der Waals surface area contributed by atoms with Crippen molar-refractivity contribution < 1.29 is 18.4 Å². The summed E-state index contributed by atoms with van der Waals surface area (Å²) in [6, 6.07) is 1.60. The lowest BCUT2D eigenvalue weighted by atomic mass is 10.1. The molecule has 6 heteroatoms. The minimum Gasteiger partial charge on any atom is -0.462 e. The zero-order valence-electron chi connectivity index (χ0n) is 10.6. The predicted molar refractivity (Wildman–Crippen MR) is 65.2 cm³/mol. The Hall–Kier alpha value is -2.24. The second kappa shape index (κ2) is 5.60. The van der Waals surface area contributed by atoms with Crippen LogP contribution >= 0.6 is 0 Å². The second-order valence-electron chi connectivity index (χ2n) is 3.90. The summed E-state index contributed by atoms with van der Waals surface area (Å²) in [7, 11) is 0. The minimum atomic E-state index is -0.626. The van der Waals surface area contributed by atoms with Gasteiger partial charge in [0, 0.05) is 23.0 Å². The van der Waals surface area contributed by atoms with Gasteiger partial charge in [0.15, 0.2) is 0 Å². The van der Waals surface area contributed by atoms with E-state index in [1.807, 2.05) is 0 Å². The molecule has 0 unspecified atom stereocenters. The van der Waals surface area contributed by atoms with Crippen molar-refractivity contribution >= 4 is 5.97 Å². The molecule has 2 rings (SSSR count). The Morgan fingerprint density at radius 3 is 3.00 bits per heavy atom. The van der Waals surface area contributed by atoms with Gasteiger partial charge in [-0.25, -0.2) is 9.18 Å². The molecule has 0 saturated heterocycles. The number of carbonyl (C=O) groups is 1. The third-order valence-electron chi connectivity index (χ3n) is 2.67. The maximum Gasteiger partial charge on any atom is 0.343 e. The first-order valence-electron chi connectivity index (χ1n) is 5.80. The molecule has 0 fully saturated rings. The van der Waals surface area contributed by atoms with Crippen molar-refractivity contribution in [2.45, 2.75) is 20.5 Å². The number of halogens is 1. The Labute approximate surface area is 109 Å². The van der Waals surface area contributed by atoms with Crippen LogP contribution in [0, 0.1) is 6.92 Å². The number of hydrogen-bond acceptors (Lipinski definition) is 5. The van der Waals surface area contributed by atoms with Gasteiger partial charge in [-0.1, -0.05) is 5.16 Å². The van der Waals surface area contributed by atoms with Crippen LogP contribution in [0.5, 0.6) is 0 Å². The Balaban J connectivity index is 2.42. The summed E-state index contributed by atoms with van der Waals surface area (Å²) in [5, 5.41) is 3.76. The summed E-state index contributed by atoms with van der Waals surface area (Å²) in [5.74, 6) is -0.527. The first-order chi connectivity index (χ1) is 9.17. The first kappa shape index (κ1) is 13.2. The molecule has 2 aromatic heterocycles. The normalized spacial score (nSPS) is 10.5. The molecule has 2 aromatic rings. The molecule has 0 aromatic carbocycles. The molecular formula is C13H13FN2O3. The van der Waals surface area contributed by atoms with E-state index in [1.165, 1.54) is 12.5 Å². The van der Waals surface area contributed by atoms with Crippen molar-refractivity contribution in [2.75, 3.05) is 6.61 Å². The van der Waals surface area contributed by atoms with Gasteiger partial charge in [-0.15, -0.1) is 0 Å². The van der Waals surface area contributed by atoms with E-state index in [0.717, 1.165) is 0 Å². The highest BCUT2D eigenvalue weighted by molar-refractivity contribution is 5.95. The number of aromatic nitrogens is 2. The lowest BCUT2D eigenvalue weighted by Crippen LogP contribution is -2.05. The molecule has 0 N–H and O–H groups in total. The highest BCUT2D eigenvalue weighted by Crippen LogP contribution is 2.24. The van der Waals surface area contributed by atoms with Crippen molar-refractivity contribution in [1.29, 1.82) is 0 Å². The van der Waals surface area contributed by atoms with Crippen molar-refractivity contribution in [2.24, 2.45) is 0 Å². The van der Waals surface area contributed by atoms with E-state index < -0.39 is 12.6 Å². The SMILES string of the molecule is CCOC(=O)c1conc1-c1cnc(C)c(CF)c1. The van der Waals surface area contributed by atoms with Crippen molar-refractivity contribution in [1.82, 2.24) is 10.1 Å². The van der Waals surface area contributed by atoms with E-state index in [4.69, 9.17) is 9.26 Å². The van der Waals surface area contributed by atoms with Crippen LogP contribution in [0.1, 0.15) is 28.5 Å². The van der Waals surface area contributed by atoms with Crippen LogP contribution in [-0.4, -0.2) is 22.7 Å². The zero-order valence-corrected chi connectivity index (χ0v) is 10.6. The fourth-order valence-corrected chi connectivity index (χ4v) is 1.64. The van der Waals surface area contributed by atoms with Crippen LogP contribution in [0.15, 0.2) is 23.0 Å². The maximum atomic E-state index is 12.8. The number of aryl methyl sites for hydroxylation is 1. The van der Waals surface area contributed by atoms with Gasteiger partial charge in [0.05, 0.1) is 6.61 Å². The highest BCUT2D eigenvalue weighted by Gasteiger charge is 2.19. The van der Waals surface area contributed by atoms with Gasteiger partial charge in [0.1, 0.15) is 24.2 Å². The van der Waals surface area contributed by atoms with E-state index in [9.17, 15) is 9.18 Å². The average Bonchev–Trinajstić information content (AvgIpc) is 2.89. The average molecular weight is 264 g/mol. The molecule has 0 aliphatic rings. The van der Waals surface area contributed by atoms with E-state index in [-0.39, 0.29) is 12.2 Å². The van der Waals surface area contributed by atoms with Gasteiger partial charge in [-0.05, 0) is 19.9 Å². The Kier molecular flexibility index (Phi) is 3.89. The molecule has 0 aliphatic heterocycles. The van der Waals surface area contributed by atoms with Crippen LogP contribution in [0.4, 0.5) is 4.39 Å². The topological polar surface area (TPSA) is 65.2 Å². The number of hydrogen-bond donors (Lipinski definition) is 0. The smallest absolute Gasteiger partial charge is 0.343 e. The number of rotatable bonds is 4. The summed E-state index contributed by atoms with van der Waals surface area (Å²) in [6.07, 6.45) is 2.73. The lowest BCUT2D eigenvalue weighted by molar-refractivity contribution is 0.0526. The van der Waals surface area contributed by atoms with Crippen molar-refractivity contribution in [3.63, 3.8) is 0 Å². The fourth-order valence-electron chi connectivity index (χ4n) is 1.64. The zero-order chi connectivity index (χ0) is 13.8. The second-order valence-corrected chi connectivity index (χ2v) is 3.90. The molecule has 0 saturated carbocycles. The van der Waals surface area contributed by atoms with Gasteiger partial charge < -0.3 is 9.26 Å². The van der Waals surface area contributed by atoms with E-state index in [2.05, 4.69) is 10.1 Å². The minimum absolute atomic E-state index is 0.206. The quantitative estimate of drug-likeness (QED) is 0.794. The lowest BCUT2D eigenvalue weighted by Gasteiger charge is -2.04. The summed E-state index contributed by atoms with van der Waals surface area (Å²) in [4.78, 5) is 15.8. The summed E-state index contributed by atoms with van der Waals surface area (Å²) in [6.45, 7) is 3.05. The highest BCUT2D eigenvalue weighted by atomic mass is 19.1. The van der Waals surface area contributed by atoms with Crippen LogP contribution in [0.25, 0.3) is 11.3 Å². The molecule has 0 aliphatic carbocycles. The number of ether oxygens (including phenoxy) is 1. The number of pyridine rings is 1. The van der Waals surface area contributed by atoms with E-state index in [1.54, 1.807) is 19.9 Å². The number of carbonyl (C=O) groups excluding carboxylic acids is 1. The van der Waals surface area contributed by atoms with E-state index >= 15 is 0 Å². The van der Waals surface area contributed by atoms with Gasteiger partial charge >= 0.3 is 5.97 Å². The van der Waals surface area contributed by atoms with E-state index in [0.29, 0.717) is 22.5 Å². The largest absolute Gasteiger partial charge is 0.462 e. The van der Waals surface area contributed by atoms with Crippen LogP contribution in [0.3, 0.4) is 0 Å². The van der Waals surface area contributed by atoms with Gasteiger partial charge in [0.25, 0.3) is 0 Å². The number of esters is 1. The van der Waals surface area contributed by atoms with Crippen LogP contribution in [0.2, 0.25) is 0 Å². The Bertz CT molecular complexity index is 595. The monoisotopic (exact) mass is 264 g/mol. The maximum absolute atomic E-state index is 12.8. The molecular weight excluding hydrogens is 251 g/mol. The van der Waals surface area contributed by atoms with Crippen LogP contribution < -0.4 is 0 Å². The third-order valence-corrected chi connectivity index (χ3v) is 2.67. The number of nitrogens with zero attached hydrogens (tertiary/aromatic N) is 2. The molecule has 0 bridgehead atoms. The molecule has 5 nitrogen and oxygen atoms in total. The number of alkyl halides is 1. The third kappa shape index (κ3) is 2.62. The molecule has 100 valence electrons. The Morgan fingerprint density at radius 2 is 2.32 bits per heavy atom. The van der Waals surface area contributed by atoms with Gasteiger partial charge in [-0.3, -0.25) is 4.98 Å².